The van der Waals surface area contributed by atoms with E-state index in [1.165, 1.54) is 13.8 Å². The van der Waals surface area contributed by atoms with E-state index in [4.69, 9.17) is 0 Å². The van der Waals surface area contributed by atoms with Gasteiger partial charge in [0.1, 0.15) is 6.17 Å². The van der Waals surface area contributed by atoms with E-state index in [1.807, 2.05) is 0 Å². The fraction of sp³-hybridized carbons (Fsp3) is 0.700. The number of allylic oxidation sites excluding steroid dienone is 1. The quantitative estimate of drug-likeness (QED) is 0.420. The minimum atomic E-state index is -4.34. The number of alkyl halides is 4. The van der Waals surface area contributed by atoms with Gasteiger partial charge in [-0.05, 0) is 13.8 Å². The van der Waals surface area contributed by atoms with Gasteiger partial charge in [-0.25, -0.2) is 9.18 Å². The molecule has 0 aliphatic rings. The molecule has 16 heavy (non-hydrogen) atoms. The molecule has 0 amide bonds. The van der Waals surface area contributed by atoms with Crippen LogP contribution in [0.25, 0.3) is 0 Å². The summed E-state index contributed by atoms with van der Waals surface area (Å²) in [4.78, 5) is 11.1. The average molecular weight is 242 g/mol. The van der Waals surface area contributed by atoms with Gasteiger partial charge in [0.15, 0.2) is 0 Å². The molecule has 0 fully saturated rings. The molecule has 0 aromatic rings. The number of esters is 1. The standard InChI is InChI=1S/C10H14F4O2/c1-7(3-5-10(12,13)14)9(15)16-6-4-8(2)11/h3,8H,4-6H2,1-2H3/b7-3+. The predicted octanol–water partition coefficient (Wildman–Crippen LogP) is 3.18. The molecule has 0 aliphatic carbocycles. The van der Waals surface area contributed by atoms with Crippen LogP contribution < -0.4 is 0 Å². The van der Waals surface area contributed by atoms with Crippen LogP contribution in [0.5, 0.6) is 0 Å². The summed E-state index contributed by atoms with van der Waals surface area (Å²) in [6.07, 6.45) is -5.82. The van der Waals surface area contributed by atoms with Crippen LogP contribution in [0, 0.1) is 0 Å². The number of hydrogen-bond donors (Lipinski definition) is 0. The Kier molecular flexibility index (Phi) is 6.06. The van der Waals surface area contributed by atoms with Gasteiger partial charge in [0, 0.05) is 12.0 Å². The van der Waals surface area contributed by atoms with Crippen LogP contribution >= 0.6 is 0 Å². The molecule has 0 heterocycles. The highest BCUT2D eigenvalue weighted by Crippen LogP contribution is 2.20. The maximum atomic E-state index is 12.3. The lowest BCUT2D eigenvalue weighted by atomic mass is 10.2. The second-order valence-corrected chi connectivity index (χ2v) is 3.41. The molecule has 0 saturated heterocycles. The SMILES string of the molecule is C/C(=C\CC(F)(F)F)C(=O)OCCC(C)F. The highest BCUT2D eigenvalue weighted by molar-refractivity contribution is 5.87. The Morgan fingerprint density at radius 1 is 1.44 bits per heavy atom. The average Bonchev–Trinajstić information content (AvgIpc) is 2.12. The second-order valence-electron chi connectivity index (χ2n) is 3.41. The molecule has 0 saturated carbocycles. The molecule has 0 aliphatic heterocycles. The van der Waals surface area contributed by atoms with Crippen molar-refractivity contribution in [2.75, 3.05) is 6.61 Å². The van der Waals surface area contributed by atoms with Crippen molar-refractivity contribution >= 4 is 5.97 Å². The van der Waals surface area contributed by atoms with E-state index in [1.54, 1.807) is 0 Å². The van der Waals surface area contributed by atoms with E-state index < -0.39 is 24.7 Å². The molecule has 0 bridgehead atoms. The Hall–Kier alpha value is -1.07. The van der Waals surface area contributed by atoms with Crippen molar-refractivity contribution in [1.29, 1.82) is 0 Å². The topological polar surface area (TPSA) is 26.3 Å². The summed E-state index contributed by atoms with van der Waals surface area (Å²) in [6.45, 7) is 2.40. The molecule has 1 unspecified atom stereocenters. The van der Waals surface area contributed by atoms with Crippen LogP contribution in [-0.4, -0.2) is 24.9 Å². The number of rotatable bonds is 5. The lowest BCUT2D eigenvalue weighted by Gasteiger charge is -2.06. The van der Waals surface area contributed by atoms with Crippen molar-refractivity contribution in [2.45, 2.75) is 39.0 Å². The van der Waals surface area contributed by atoms with Gasteiger partial charge in [-0.15, -0.1) is 0 Å². The van der Waals surface area contributed by atoms with Crippen LogP contribution in [0.2, 0.25) is 0 Å². The van der Waals surface area contributed by atoms with Crippen LogP contribution in [0.1, 0.15) is 26.7 Å². The molecule has 6 heteroatoms. The molecular formula is C10H14F4O2. The zero-order chi connectivity index (χ0) is 12.8. The Bertz CT molecular complexity index is 256. The molecule has 94 valence electrons. The number of carbonyl (C=O) groups is 1. The largest absolute Gasteiger partial charge is 0.462 e. The van der Waals surface area contributed by atoms with E-state index in [2.05, 4.69) is 4.74 Å². The molecule has 1 atom stereocenters. The highest BCUT2D eigenvalue weighted by Gasteiger charge is 2.25. The minimum absolute atomic E-state index is 0.0400. The molecule has 0 radical (unpaired) electrons. The number of hydrogen-bond acceptors (Lipinski definition) is 2. The number of carbonyl (C=O) groups excluding carboxylic acids is 1. The van der Waals surface area contributed by atoms with Crippen LogP contribution in [0.15, 0.2) is 11.6 Å². The monoisotopic (exact) mass is 242 g/mol. The molecule has 0 spiro atoms. The van der Waals surface area contributed by atoms with Crippen molar-refractivity contribution in [3.63, 3.8) is 0 Å². The van der Waals surface area contributed by atoms with Crippen LogP contribution in [0.3, 0.4) is 0 Å². The fourth-order valence-corrected chi connectivity index (χ4v) is 0.780. The third-order valence-corrected chi connectivity index (χ3v) is 1.71. The molecule has 0 N–H and O–H groups in total. The van der Waals surface area contributed by atoms with Gasteiger partial charge in [-0.1, -0.05) is 6.08 Å². The van der Waals surface area contributed by atoms with Crippen LogP contribution in [0.4, 0.5) is 17.6 Å². The minimum Gasteiger partial charge on any atom is -0.462 e. The molecule has 2 nitrogen and oxygen atoms in total. The molecule has 0 aromatic heterocycles. The lowest BCUT2D eigenvalue weighted by molar-refractivity contribution is -0.139. The number of ether oxygens (including phenoxy) is 1. The lowest BCUT2D eigenvalue weighted by Crippen LogP contribution is -2.11. The molecule has 0 aromatic carbocycles. The summed E-state index contributed by atoms with van der Waals surface area (Å²) < 4.78 is 52.2. The van der Waals surface area contributed by atoms with Gasteiger partial charge >= 0.3 is 12.1 Å². The second kappa shape index (κ2) is 6.50. The highest BCUT2D eigenvalue weighted by atomic mass is 19.4. The van der Waals surface area contributed by atoms with Crippen molar-refractivity contribution in [2.24, 2.45) is 0 Å². The van der Waals surface area contributed by atoms with Crippen LogP contribution in [-0.2, 0) is 9.53 Å². The maximum Gasteiger partial charge on any atom is 0.392 e. The molecular weight excluding hydrogens is 228 g/mol. The van der Waals surface area contributed by atoms with Crippen molar-refractivity contribution in [3.05, 3.63) is 11.6 Å². The van der Waals surface area contributed by atoms with Gasteiger partial charge in [0.05, 0.1) is 13.0 Å². The Balaban J connectivity index is 3.99. The van der Waals surface area contributed by atoms with Gasteiger partial charge in [-0.2, -0.15) is 13.2 Å². The zero-order valence-electron chi connectivity index (χ0n) is 9.10. The Morgan fingerprint density at radius 2 is 2.00 bits per heavy atom. The molecule has 0 rings (SSSR count). The first kappa shape index (κ1) is 14.9. The third-order valence-electron chi connectivity index (χ3n) is 1.71. The Morgan fingerprint density at radius 3 is 2.44 bits per heavy atom. The third kappa shape index (κ3) is 8.26. The Labute approximate surface area is 91.3 Å². The number of halogens is 4. The van der Waals surface area contributed by atoms with E-state index in [0.717, 1.165) is 6.08 Å². The summed E-state index contributed by atoms with van der Waals surface area (Å²) in [5.41, 5.74) is -0.121. The van der Waals surface area contributed by atoms with Gasteiger partial charge < -0.3 is 4.74 Å². The summed E-state index contributed by atoms with van der Waals surface area (Å²) in [5, 5.41) is 0. The van der Waals surface area contributed by atoms with E-state index >= 15 is 0 Å². The first-order chi connectivity index (χ1) is 7.22. The van der Waals surface area contributed by atoms with Crippen molar-refractivity contribution < 1.29 is 27.1 Å². The first-order valence-electron chi connectivity index (χ1n) is 4.77. The zero-order valence-corrected chi connectivity index (χ0v) is 9.10. The summed E-state index contributed by atoms with van der Waals surface area (Å²) in [7, 11) is 0. The smallest absolute Gasteiger partial charge is 0.392 e. The maximum absolute atomic E-state index is 12.3. The first-order valence-corrected chi connectivity index (χ1v) is 4.77. The van der Waals surface area contributed by atoms with Crippen molar-refractivity contribution in [3.8, 4) is 0 Å². The summed E-state index contributed by atoms with van der Waals surface area (Å²) >= 11 is 0. The normalized spacial score (nSPS) is 14.8. The van der Waals surface area contributed by atoms with Crippen molar-refractivity contribution in [1.82, 2.24) is 0 Å². The predicted molar refractivity (Wildman–Crippen MR) is 50.6 cm³/mol. The van der Waals surface area contributed by atoms with E-state index in [0.29, 0.717) is 0 Å². The summed E-state index contributed by atoms with van der Waals surface area (Å²) in [5.74, 6) is -0.843. The summed E-state index contributed by atoms with van der Waals surface area (Å²) in [6, 6.07) is 0. The van der Waals surface area contributed by atoms with Gasteiger partial charge in [0.2, 0.25) is 0 Å². The van der Waals surface area contributed by atoms with Gasteiger partial charge in [-0.3, -0.25) is 0 Å². The van der Waals surface area contributed by atoms with E-state index in [-0.39, 0.29) is 18.6 Å². The fourth-order valence-electron chi connectivity index (χ4n) is 0.780. The van der Waals surface area contributed by atoms with E-state index in [9.17, 15) is 22.4 Å². The van der Waals surface area contributed by atoms with Gasteiger partial charge in [0.25, 0.3) is 0 Å².